The van der Waals surface area contributed by atoms with Gasteiger partial charge in [-0.3, -0.25) is 4.79 Å². The molecule has 1 aromatic rings. The van der Waals surface area contributed by atoms with E-state index in [1.54, 1.807) is 24.3 Å². The minimum atomic E-state index is -0.372. The maximum absolute atomic E-state index is 11.7. The topological polar surface area (TPSA) is 67.4 Å². The summed E-state index contributed by atoms with van der Waals surface area (Å²) in [7, 11) is 1.34. The summed E-state index contributed by atoms with van der Waals surface area (Å²) in [5.41, 5.74) is 1.27. The van der Waals surface area contributed by atoms with E-state index in [0.29, 0.717) is 5.56 Å². The van der Waals surface area contributed by atoms with Crippen LogP contribution >= 0.6 is 0 Å². The van der Waals surface area contributed by atoms with Crippen molar-refractivity contribution in [3.05, 3.63) is 29.8 Å². The van der Waals surface area contributed by atoms with Crippen LogP contribution in [-0.4, -0.2) is 31.6 Å². The Morgan fingerprint density at radius 3 is 2.25 bits per heavy atom. The molecule has 0 unspecified atom stereocenters. The molecule has 0 radical (unpaired) electrons. The third-order valence-electron chi connectivity index (χ3n) is 3.11. The van der Waals surface area contributed by atoms with Crippen molar-refractivity contribution in [3.8, 4) is 0 Å². The van der Waals surface area contributed by atoms with Crippen LogP contribution in [0.5, 0.6) is 0 Å². The third-order valence-corrected chi connectivity index (χ3v) is 3.11. The van der Waals surface area contributed by atoms with Crippen LogP contribution < -0.4 is 10.6 Å². The summed E-state index contributed by atoms with van der Waals surface area (Å²) in [6.45, 7) is 4.31. The van der Waals surface area contributed by atoms with Gasteiger partial charge < -0.3 is 15.4 Å². The maximum Gasteiger partial charge on any atom is 0.337 e. The van der Waals surface area contributed by atoms with E-state index in [9.17, 15) is 9.59 Å². The van der Waals surface area contributed by atoms with Crippen LogP contribution in [0.1, 0.15) is 37.0 Å². The fourth-order valence-corrected chi connectivity index (χ4v) is 1.80. The fraction of sp³-hybridized carbons (Fsp3) is 0.467. The molecule has 1 aromatic carbocycles. The van der Waals surface area contributed by atoms with E-state index in [1.165, 1.54) is 7.11 Å². The average Bonchev–Trinajstić information content (AvgIpc) is 2.50. The molecule has 2 N–H and O–H groups in total. The molecule has 0 bridgehead atoms. The predicted octanol–water partition coefficient (Wildman–Crippen LogP) is 2.19. The number of hydrogen-bond donors (Lipinski definition) is 2. The fourth-order valence-electron chi connectivity index (χ4n) is 1.80. The quantitative estimate of drug-likeness (QED) is 0.750. The van der Waals surface area contributed by atoms with Crippen LogP contribution in [0.15, 0.2) is 24.3 Å². The Kier molecular flexibility index (Phi) is 6.56. The van der Waals surface area contributed by atoms with E-state index in [1.807, 2.05) is 13.8 Å². The molecule has 0 aliphatic rings. The average molecular weight is 278 g/mol. The van der Waals surface area contributed by atoms with Crippen LogP contribution in [0.3, 0.4) is 0 Å². The van der Waals surface area contributed by atoms with E-state index < -0.39 is 0 Å². The highest BCUT2D eigenvalue weighted by atomic mass is 16.5. The Morgan fingerprint density at radius 1 is 1.15 bits per heavy atom. The molecule has 1 rings (SSSR count). The van der Waals surface area contributed by atoms with Gasteiger partial charge in [0.1, 0.15) is 0 Å². The van der Waals surface area contributed by atoms with Crippen LogP contribution in [0, 0.1) is 0 Å². The van der Waals surface area contributed by atoms with Crippen molar-refractivity contribution in [1.82, 2.24) is 5.32 Å². The number of rotatable bonds is 7. The molecule has 0 saturated heterocycles. The second-order valence-electron chi connectivity index (χ2n) is 4.50. The third kappa shape index (κ3) is 4.91. The van der Waals surface area contributed by atoms with Gasteiger partial charge in [-0.1, -0.05) is 13.8 Å². The number of esters is 1. The van der Waals surface area contributed by atoms with Gasteiger partial charge in [0.2, 0.25) is 5.91 Å². The number of amides is 1. The van der Waals surface area contributed by atoms with E-state index in [4.69, 9.17) is 0 Å². The van der Waals surface area contributed by atoms with Crippen LogP contribution in [0.25, 0.3) is 0 Å². The molecule has 110 valence electrons. The number of nitrogens with one attached hydrogen (secondary N) is 2. The summed E-state index contributed by atoms with van der Waals surface area (Å²) in [5, 5.41) is 5.97. The van der Waals surface area contributed by atoms with E-state index in [0.717, 1.165) is 18.5 Å². The van der Waals surface area contributed by atoms with Crippen molar-refractivity contribution in [2.24, 2.45) is 0 Å². The Balaban J connectivity index is 2.45. The number of benzene rings is 1. The normalized spacial score (nSPS) is 10.2. The Morgan fingerprint density at radius 2 is 1.75 bits per heavy atom. The van der Waals surface area contributed by atoms with Gasteiger partial charge in [-0.25, -0.2) is 4.79 Å². The molecule has 1 amide bonds. The van der Waals surface area contributed by atoms with Gasteiger partial charge in [-0.05, 0) is 37.1 Å². The summed E-state index contributed by atoms with van der Waals surface area (Å²) in [5.74, 6) is -0.404. The molecule has 20 heavy (non-hydrogen) atoms. The molecule has 0 atom stereocenters. The lowest BCUT2D eigenvalue weighted by Gasteiger charge is -2.15. The number of anilines is 1. The van der Waals surface area contributed by atoms with Crippen molar-refractivity contribution in [3.63, 3.8) is 0 Å². The second-order valence-corrected chi connectivity index (χ2v) is 4.50. The number of hydrogen-bond acceptors (Lipinski definition) is 4. The van der Waals surface area contributed by atoms with E-state index in [2.05, 4.69) is 15.4 Å². The molecular formula is C15H22N2O3. The summed E-state index contributed by atoms with van der Waals surface area (Å²) >= 11 is 0. The monoisotopic (exact) mass is 278 g/mol. The number of ether oxygens (including phenoxy) is 1. The van der Waals surface area contributed by atoms with Crippen LogP contribution in [0.2, 0.25) is 0 Å². The molecule has 5 heteroatoms. The van der Waals surface area contributed by atoms with E-state index in [-0.39, 0.29) is 24.5 Å². The van der Waals surface area contributed by atoms with Crippen molar-refractivity contribution >= 4 is 17.6 Å². The zero-order valence-corrected chi connectivity index (χ0v) is 12.2. The highest BCUT2D eigenvalue weighted by Crippen LogP contribution is 2.10. The number of methoxy groups -OCH3 is 1. The molecule has 0 heterocycles. The summed E-state index contributed by atoms with van der Waals surface area (Å²) in [6.07, 6.45) is 1.85. The largest absolute Gasteiger partial charge is 0.465 e. The molecule has 0 saturated carbocycles. The van der Waals surface area contributed by atoms with E-state index >= 15 is 0 Å². The Bertz CT molecular complexity index is 439. The standard InChI is InChI=1S/C15H22N2O3/c1-4-12(5-2)17-14(18)10-16-13-8-6-11(7-9-13)15(19)20-3/h6-9,12,16H,4-5,10H2,1-3H3,(H,17,18). The minimum Gasteiger partial charge on any atom is -0.465 e. The Hall–Kier alpha value is -2.04. The molecular weight excluding hydrogens is 256 g/mol. The first-order valence-corrected chi connectivity index (χ1v) is 6.82. The first-order chi connectivity index (χ1) is 9.60. The predicted molar refractivity (Wildman–Crippen MR) is 78.8 cm³/mol. The van der Waals surface area contributed by atoms with Crippen molar-refractivity contribution in [2.75, 3.05) is 19.0 Å². The lowest BCUT2D eigenvalue weighted by Crippen LogP contribution is -2.37. The van der Waals surface area contributed by atoms with Gasteiger partial charge >= 0.3 is 5.97 Å². The van der Waals surface area contributed by atoms with Gasteiger partial charge in [-0.2, -0.15) is 0 Å². The highest BCUT2D eigenvalue weighted by Gasteiger charge is 2.08. The second kappa shape index (κ2) is 8.19. The summed E-state index contributed by atoms with van der Waals surface area (Å²) in [6, 6.07) is 7.04. The van der Waals surface area contributed by atoms with Gasteiger partial charge in [-0.15, -0.1) is 0 Å². The molecule has 0 fully saturated rings. The summed E-state index contributed by atoms with van der Waals surface area (Å²) in [4.78, 5) is 23.0. The zero-order chi connectivity index (χ0) is 15.0. The van der Waals surface area contributed by atoms with Gasteiger partial charge in [0, 0.05) is 11.7 Å². The zero-order valence-electron chi connectivity index (χ0n) is 12.2. The summed E-state index contributed by atoms with van der Waals surface area (Å²) < 4.78 is 4.62. The van der Waals surface area contributed by atoms with Crippen molar-refractivity contribution in [2.45, 2.75) is 32.7 Å². The molecule has 0 aromatic heterocycles. The molecule has 0 spiro atoms. The SMILES string of the molecule is CCC(CC)NC(=O)CNc1ccc(C(=O)OC)cc1. The molecule has 0 aliphatic carbocycles. The molecule has 0 aliphatic heterocycles. The highest BCUT2D eigenvalue weighted by molar-refractivity contribution is 5.89. The van der Waals surface area contributed by atoms with Gasteiger partial charge in [0.15, 0.2) is 0 Å². The lowest BCUT2D eigenvalue weighted by molar-refractivity contribution is -0.120. The molecule has 5 nitrogen and oxygen atoms in total. The van der Waals surface area contributed by atoms with Crippen molar-refractivity contribution in [1.29, 1.82) is 0 Å². The van der Waals surface area contributed by atoms with Crippen LogP contribution in [-0.2, 0) is 9.53 Å². The number of carbonyl (C=O) groups is 2. The maximum atomic E-state index is 11.7. The van der Waals surface area contributed by atoms with Gasteiger partial charge in [0.25, 0.3) is 0 Å². The Labute approximate surface area is 119 Å². The number of carbonyl (C=O) groups excluding carboxylic acids is 2. The smallest absolute Gasteiger partial charge is 0.337 e. The first kappa shape index (κ1) is 16.0. The van der Waals surface area contributed by atoms with Gasteiger partial charge in [0.05, 0.1) is 19.2 Å². The first-order valence-electron chi connectivity index (χ1n) is 6.82. The lowest BCUT2D eigenvalue weighted by atomic mass is 10.2. The van der Waals surface area contributed by atoms with Crippen LogP contribution in [0.4, 0.5) is 5.69 Å². The van der Waals surface area contributed by atoms with Crippen molar-refractivity contribution < 1.29 is 14.3 Å². The minimum absolute atomic E-state index is 0.0317.